The zero-order valence-electron chi connectivity index (χ0n) is 12.9. The second kappa shape index (κ2) is 6.59. The third kappa shape index (κ3) is 3.52. The van der Waals surface area contributed by atoms with Crippen molar-refractivity contribution in [3.8, 4) is 0 Å². The maximum absolute atomic E-state index is 11.9. The highest BCUT2D eigenvalue weighted by Crippen LogP contribution is 2.19. The molecule has 0 aliphatic carbocycles. The fourth-order valence-corrected chi connectivity index (χ4v) is 2.72. The Balaban J connectivity index is 2.24. The summed E-state index contributed by atoms with van der Waals surface area (Å²) in [4.78, 5) is 16.9. The van der Waals surface area contributed by atoms with Crippen LogP contribution < -0.4 is 11.3 Å². The number of hydrogen-bond acceptors (Lipinski definition) is 3. The maximum Gasteiger partial charge on any atom is 0.271 e. The highest BCUT2D eigenvalue weighted by molar-refractivity contribution is 5.50. The molecule has 4 heteroatoms. The van der Waals surface area contributed by atoms with Crippen LogP contribution in [0.4, 0.5) is 5.69 Å². The quantitative estimate of drug-likeness (QED) is 0.887. The van der Waals surface area contributed by atoms with E-state index in [1.54, 1.807) is 0 Å². The first-order chi connectivity index (χ1) is 10.0. The van der Waals surface area contributed by atoms with Gasteiger partial charge in [-0.1, -0.05) is 37.3 Å². The normalized spacial score (nSPS) is 11.0. The van der Waals surface area contributed by atoms with Crippen LogP contribution in [0.3, 0.4) is 0 Å². The van der Waals surface area contributed by atoms with Gasteiger partial charge < -0.3 is 10.7 Å². The number of rotatable bonds is 5. The lowest BCUT2D eigenvalue weighted by molar-refractivity contribution is 0.318. The molecule has 2 rings (SSSR count). The van der Waals surface area contributed by atoms with Gasteiger partial charge in [-0.15, -0.1) is 0 Å². The maximum atomic E-state index is 11.9. The number of H-pyrrole nitrogens is 1. The summed E-state index contributed by atoms with van der Waals surface area (Å²) in [7, 11) is 2.04. The number of nitrogen functional groups attached to an aromatic ring is 1. The lowest BCUT2D eigenvalue weighted by atomic mass is 10.0. The Morgan fingerprint density at radius 1 is 1.14 bits per heavy atom. The number of nitrogens with zero attached hydrogens (tertiary/aromatic N) is 1. The van der Waals surface area contributed by atoms with Crippen LogP contribution in [0.25, 0.3) is 0 Å². The van der Waals surface area contributed by atoms with Crippen LogP contribution >= 0.6 is 0 Å². The monoisotopic (exact) mass is 285 g/mol. The standard InChI is InChI=1S/C17H23N3O/c1-4-14-12(2)19-17(21)16(18)15(14)11-20(3)10-13-8-6-5-7-9-13/h5-9H,4,10-11,18H2,1-3H3,(H,19,21). The molecule has 0 aliphatic heterocycles. The summed E-state index contributed by atoms with van der Waals surface area (Å²) in [5, 5.41) is 0. The molecule has 0 fully saturated rings. The molecule has 0 aliphatic rings. The zero-order valence-corrected chi connectivity index (χ0v) is 12.9. The van der Waals surface area contributed by atoms with Crippen molar-refractivity contribution in [2.24, 2.45) is 0 Å². The number of aromatic amines is 1. The van der Waals surface area contributed by atoms with E-state index in [4.69, 9.17) is 5.73 Å². The highest BCUT2D eigenvalue weighted by Gasteiger charge is 2.14. The van der Waals surface area contributed by atoms with Crippen molar-refractivity contribution in [3.05, 3.63) is 63.1 Å². The predicted molar refractivity (Wildman–Crippen MR) is 87.2 cm³/mol. The minimum Gasteiger partial charge on any atom is -0.394 e. The second-order valence-corrected chi connectivity index (χ2v) is 5.46. The van der Waals surface area contributed by atoms with Crippen LogP contribution in [0.2, 0.25) is 0 Å². The average Bonchev–Trinajstić information content (AvgIpc) is 2.45. The van der Waals surface area contributed by atoms with Crippen molar-refractivity contribution in [2.75, 3.05) is 12.8 Å². The van der Waals surface area contributed by atoms with Crippen LogP contribution in [0.15, 0.2) is 35.1 Å². The number of aryl methyl sites for hydroxylation is 1. The van der Waals surface area contributed by atoms with E-state index >= 15 is 0 Å². The molecule has 1 aromatic heterocycles. The third-order valence-corrected chi connectivity index (χ3v) is 3.76. The minimum atomic E-state index is -0.187. The lowest BCUT2D eigenvalue weighted by Crippen LogP contribution is -2.24. The molecule has 1 heterocycles. The number of nitrogens with two attached hydrogens (primary N) is 1. The molecule has 3 N–H and O–H groups in total. The number of pyridine rings is 1. The number of hydrogen-bond donors (Lipinski definition) is 2. The van der Waals surface area contributed by atoms with Gasteiger partial charge in [-0.3, -0.25) is 9.69 Å². The Bertz CT molecular complexity index is 662. The summed E-state index contributed by atoms with van der Waals surface area (Å²) < 4.78 is 0. The second-order valence-electron chi connectivity index (χ2n) is 5.46. The fraction of sp³-hybridized carbons (Fsp3) is 0.353. The summed E-state index contributed by atoms with van der Waals surface area (Å²) in [5.41, 5.74) is 10.4. The largest absolute Gasteiger partial charge is 0.394 e. The van der Waals surface area contributed by atoms with Crippen molar-refractivity contribution < 1.29 is 0 Å². The first-order valence-corrected chi connectivity index (χ1v) is 7.25. The van der Waals surface area contributed by atoms with Gasteiger partial charge in [-0.25, -0.2) is 0 Å². The first-order valence-electron chi connectivity index (χ1n) is 7.25. The van der Waals surface area contributed by atoms with Crippen LogP contribution in [0, 0.1) is 6.92 Å². The molecular formula is C17H23N3O. The van der Waals surface area contributed by atoms with Gasteiger partial charge in [-0.05, 0) is 37.1 Å². The molecule has 0 saturated carbocycles. The topological polar surface area (TPSA) is 62.1 Å². The Labute approximate surface area is 125 Å². The predicted octanol–water partition coefficient (Wildman–Crippen LogP) is 2.46. The highest BCUT2D eigenvalue weighted by atomic mass is 16.1. The van der Waals surface area contributed by atoms with Gasteiger partial charge >= 0.3 is 0 Å². The third-order valence-electron chi connectivity index (χ3n) is 3.76. The van der Waals surface area contributed by atoms with Gasteiger partial charge in [0.25, 0.3) is 5.56 Å². The molecular weight excluding hydrogens is 262 g/mol. The van der Waals surface area contributed by atoms with E-state index in [-0.39, 0.29) is 5.56 Å². The summed E-state index contributed by atoms with van der Waals surface area (Å²) in [6, 6.07) is 10.3. The lowest BCUT2D eigenvalue weighted by Gasteiger charge is -2.21. The first kappa shape index (κ1) is 15.3. The smallest absolute Gasteiger partial charge is 0.271 e. The Morgan fingerprint density at radius 3 is 2.43 bits per heavy atom. The molecule has 21 heavy (non-hydrogen) atoms. The molecule has 0 radical (unpaired) electrons. The number of anilines is 1. The van der Waals surface area contributed by atoms with Crippen LogP contribution in [0.1, 0.15) is 29.3 Å². The van der Waals surface area contributed by atoms with Gasteiger partial charge in [-0.2, -0.15) is 0 Å². The summed E-state index contributed by atoms with van der Waals surface area (Å²) in [6.07, 6.45) is 0.862. The Kier molecular flexibility index (Phi) is 4.81. The molecule has 1 aromatic carbocycles. The Hall–Kier alpha value is -2.07. The minimum absolute atomic E-state index is 0.187. The summed E-state index contributed by atoms with van der Waals surface area (Å²) >= 11 is 0. The molecule has 2 aromatic rings. The van der Waals surface area contributed by atoms with Crippen LogP contribution in [0.5, 0.6) is 0 Å². The summed E-state index contributed by atoms with van der Waals surface area (Å²) in [5.74, 6) is 0. The molecule has 0 amide bonds. The SMILES string of the molecule is CCc1c(C)[nH]c(=O)c(N)c1CN(C)Cc1ccccc1. The van der Waals surface area contributed by atoms with E-state index in [2.05, 4.69) is 28.9 Å². The van der Waals surface area contributed by atoms with Crippen molar-refractivity contribution >= 4 is 5.69 Å². The van der Waals surface area contributed by atoms with Gasteiger partial charge in [0.05, 0.1) is 0 Å². The van der Waals surface area contributed by atoms with Crippen LogP contribution in [-0.2, 0) is 19.5 Å². The number of benzene rings is 1. The van der Waals surface area contributed by atoms with E-state index in [1.165, 1.54) is 5.56 Å². The van der Waals surface area contributed by atoms with Gasteiger partial charge in [0, 0.05) is 18.8 Å². The molecule has 0 atom stereocenters. The Morgan fingerprint density at radius 2 is 1.81 bits per heavy atom. The van der Waals surface area contributed by atoms with E-state index in [0.29, 0.717) is 12.2 Å². The summed E-state index contributed by atoms with van der Waals surface area (Å²) in [6.45, 7) is 5.52. The van der Waals surface area contributed by atoms with E-state index in [1.807, 2.05) is 32.2 Å². The van der Waals surface area contributed by atoms with Gasteiger partial charge in [0.1, 0.15) is 5.69 Å². The average molecular weight is 285 g/mol. The molecule has 0 saturated heterocycles. The fourth-order valence-electron chi connectivity index (χ4n) is 2.72. The van der Waals surface area contributed by atoms with Crippen molar-refractivity contribution in [1.29, 1.82) is 0 Å². The molecule has 112 valence electrons. The molecule has 0 unspecified atom stereocenters. The van der Waals surface area contributed by atoms with Crippen molar-refractivity contribution in [2.45, 2.75) is 33.4 Å². The molecule has 0 spiro atoms. The van der Waals surface area contributed by atoms with E-state index in [0.717, 1.165) is 29.8 Å². The molecule has 0 bridgehead atoms. The van der Waals surface area contributed by atoms with Gasteiger partial charge in [0.2, 0.25) is 0 Å². The number of aromatic nitrogens is 1. The van der Waals surface area contributed by atoms with E-state index in [9.17, 15) is 4.79 Å². The zero-order chi connectivity index (χ0) is 15.4. The van der Waals surface area contributed by atoms with Crippen molar-refractivity contribution in [3.63, 3.8) is 0 Å². The van der Waals surface area contributed by atoms with Gasteiger partial charge in [0.15, 0.2) is 0 Å². The van der Waals surface area contributed by atoms with Crippen LogP contribution in [-0.4, -0.2) is 16.9 Å². The molecule has 4 nitrogen and oxygen atoms in total. The van der Waals surface area contributed by atoms with Crippen molar-refractivity contribution in [1.82, 2.24) is 9.88 Å². The van der Waals surface area contributed by atoms with E-state index < -0.39 is 0 Å². The number of nitrogens with one attached hydrogen (secondary N) is 1.